The van der Waals surface area contributed by atoms with Gasteiger partial charge in [0.15, 0.2) is 0 Å². The highest BCUT2D eigenvalue weighted by Gasteiger charge is 2.50. The number of amides is 1. The molecule has 0 aromatic heterocycles. The van der Waals surface area contributed by atoms with Gasteiger partial charge in [-0.25, -0.2) is 4.79 Å². The van der Waals surface area contributed by atoms with Crippen LogP contribution < -0.4 is 0 Å². The van der Waals surface area contributed by atoms with Crippen molar-refractivity contribution in [1.82, 2.24) is 4.90 Å². The number of β-amino-alcohol motifs (C(OH)–C–C–N with tert-alkyl or cyclic N) is 1. The highest BCUT2D eigenvalue weighted by Crippen LogP contribution is 2.54. The average molecular weight is 317 g/mol. The molecule has 2 N–H and O–H groups in total. The molecule has 0 spiro atoms. The molecule has 1 amide bonds. The lowest BCUT2D eigenvalue weighted by Gasteiger charge is -2.24. The summed E-state index contributed by atoms with van der Waals surface area (Å²) in [5.74, 6) is -0.809. The molecule has 0 bridgehead atoms. The van der Waals surface area contributed by atoms with Crippen LogP contribution in [-0.4, -0.2) is 62.0 Å². The molecule has 0 unspecified atom stereocenters. The number of carbonyl (C=O) groups is 2. The molecule has 2 atom stereocenters. The minimum absolute atomic E-state index is 0.118. The van der Waals surface area contributed by atoms with E-state index < -0.39 is 23.8 Å². The molecule has 1 heterocycles. The van der Waals surface area contributed by atoms with Gasteiger partial charge >= 0.3 is 12.1 Å². The summed E-state index contributed by atoms with van der Waals surface area (Å²) >= 11 is 1.52. The van der Waals surface area contributed by atoms with E-state index in [-0.39, 0.29) is 23.0 Å². The molecule has 1 saturated carbocycles. The topological polar surface area (TPSA) is 87.1 Å². The van der Waals surface area contributed by atoms with Crippen molar-refractivity contribution in [1.29, 1.82) is 0 Å². The van der Waals surface area contributed by atoms with Crippen molar-refractivity contribution in [2.24, 2.45) is 0 Å². The van der Waals surface area contributed by atoms with E-state index in [4.69, 9.17) is 9.84 Å². The Kier molecular flexibility index (Phi) is 4.44. The minimum atomic E-state index is -0.809. The fourth-order valence-corrected chi connectivity index (χ4v) is 4.11. The molecule has 0 aromatic carbocycles. The average Bonchev–Trinajstić information content (AvgIpc) is 2.92. The Hall–Kier alpha value is -0.950. The Morgan fingerprint density at radius 1 is 1.33 bits per heavy atom. The van der Waals surface area contributed by atoms with Gasteiger partial charge in [-0.2, -0.15) is 0 Å². The highest BCUT2D eigenvalue weighted by atomic mass is 32.2. The van der Waals surface area contributed by atoms with Crippen LogP contribution in [0.4, 0.5) is 4.79 Å². The Morgan fingerprint density at radius 3 is 2.43 bits per heavy atom. The highest BCUT2D eigenvalue weighted by molar-refractivity contribution is 8.01. The van der Waals surface area contributed by atoms with E-state index in [9.17, 15) is 14.7 Å². The van der Waals surface area contributed by atoms with Gasteiger partial charge in [0.05, 0.1) is 24.3 Å². The van der Waals surface area contributed by atoms with Gasteiger partial charge in [-0.1, -0.05) is 0 Å². The zero-order valence-electron chi connectivity index (χ0n) is 12.7. The first kappa shape index (κ1) is 16.4. The van der Waals surface area contributed by atoms with E-state index in [0.29, 0.717) is 6.54 Å². The third kappa shape index (κ3) is 4.51. The van der Waals surface area contributed by atoms with Crippen molar-refractivity contribution in [3.8, 4) is 0 Å². The maximum absolute atomic E-state index is 12.0. The molecule has 7 heteroatoms. The van der Waals surface area contributed by atoms with Crippen LogP contribution in [-0.2, 0) is 9.53 Å². The number of carboxylic acid groups (broad SMARTS) is 1. The Morgan fingerprint density at radius 2 is 1.95 bits per heavy atom. The van der Waals surface area contributed by atoms with E-state index in [0.717, 1.165) is 12.8 Å². The quantitative estimate of drug-likeness (QED) is 0.821. The second-order valence-electron chi connectivity index (χ2n) is 6.86. The Bertz CT molecular complexity index is 430. The first-order valence-corrected chi connectivity index (χ1v) is 8.04. The normalized spacial score (nSPS) is 27.5. The predicted octanol–water partition coefficient (Wildman–Crippen LogP) is 1.71. The number of aliphatic hydroxyl groups excluding tert-OH is 1. The maximum Gasteiger partial charge on any atom is 0.410 e. The number of nitrogens with zero attached hydrogens (tertiary/aromatic N) is 1. The SMILES string of the molecule is CC(C)(C)OC(=O)N1C[C@@H](O)[C@H](SC2(CC(=O)O)CC2)C1. The second-order valence-corrected chi connectivity index (χ2v) is 8.57. The summed E-state index contributed by atoms with van der Waals surface area (Å²) < 4.78 is 5.05. The Labute approximate surface area is 128 Å². The maximum atomic E-state index is 12.0. The van der Waals surface area contributed by atoms with Crippen molar-refractivity contribution in [3.63, 3.8) is 0 Å². The number of rotatable bonds is 4. The van der Waals surface area contributed by atoms with Crippen molar-refractivity contribution < 1.29 is 24.5 Å². The molecule has 21 heavy (non-hydrogen) atoms. The van der Waals surface area contributed by atoms with Gasteiger partial charge in [-0.05, 0) is 33.6 Å². The summed E-state index contributed by atoms with van der Waals surface area (Å²) in [6, 6.07) is 0. The van der Waals surface area contributed by atoms with E-state index in [2.05, 4.69) is 0 Å². The summed E-state index contributed by atoms with van der Waals surface area (Å²) in [4.78, 5) is 24.4. The molecule has 1 aliphatic carbocycles. The molecule has 2 fully saturated rings. The molecule has 1 saturated heterocycles. The van der Waals surface area contributed by atoms with Crippen LogP contribution in [0.3, 0.4) is 0 Å². The van der Waals surface area contributed by atoms with E-state index in [1.807, 2.05) is 0 Å². The lowest BCUT2D eigenvalue weighted by molar-refractivity contribution is -0.137. The third-order valence-corrected chi connectivity index (χ3v) is 5.39. The molecule has 6 nitrogen and oxygen atoms in total. The third-order valence-electron chi connectivity index (χ3n) is 3.57. The summed E-state index contributed by atoms with van der Waals surface area (Å²) in [7, 11) is 0. The van der Waals surface area contributed by atoms with Gasteiger partial charge in [-0.3, -0.25) is 4.79 Å². The first-order valence-electron chi connectivity index (χ1n) is 7.16. The van der Waals surface area contributed by atoms with Crippen molar-refractivity contribution >= 4 is 23.8 Å². The molecule has 1 aliphatic heterocycles. The lowest BCUT2D eigenvalue weighted by Crippen LogP contribution is -2.36. The standard InChI is InChI=1S/C14H23NO5S/c1-13(2,3)20-12(19)15-7-9(16)10(8-15)21-14(4-5-14)6-11(17)18/h9-10,16H,4-8H2,1-3H3,(H,17,18)/t9-,10-/m1/s1. The number of ether oxygens (including phenoxy) is 1. The van der Waals surface area contributed by atoms with E-state index >= 15 is 0 Å². The molecular formula is C14H23NO5S. The van der Waals surface area contributed by atoms with Crippen LogP contribution in [0.1, 0.15) is 40.0 Å². The first-order chi connectivity index (χ1) is 9.60. The fourth-order valence-electron chi connectivity index (χ4n) is 2.42. The van der Waals surface area contributed by atoms with Crippen LogP contribution in [0.15, 0.2) is 0 Å². The van der Waals surface area contributed by atoms with E-state index in [1.165, 1.54) is 16.7 Å². The zero-order valence-corrected chi connectivity index (χ0v) is 13.5. The fraction of sp³-hybridized carbons (Fsp3) is 0.857. The number of hydrogen-bond donors (Lipinski definition) is 2. The summed E-state index contributed by atoms with van der Waals surface area (Å²) in [5.41, 5.74) is -0.561. The molecule has 2 rings (SSSR count). The predicted molar refractivity (Wildman–Crippen MR) is 79.4 cm³/mol. The molecule has 0 aromatic rings. The van der Waals surface area contributed by atoms with Crippen LogP contribution in [0.25, 0.3) is 0 Å². The number of hydrogen-bond acceptors (Lipinski definition) is 5. The molecule has 2 aliphatic rings. The second kappa shape index (κ2) is 5.68. The molecule has 0 radical (unpaired) electrons. The number of likely N-dealkylation sites (tertiary alicyclic amines) is 1. The zero-order chi connectivity index (χ0) is 15.8. The van der Waals surface area contributed by atoms with Crippen molar-refractivity contribution in [2.75, 3.05) is 13.1 Å². The molecule has 120 valence electrons. The van der Waals surface area contributed by atoms with Crippen LogP contribution in [0.2, 0.25) is 0 Å². The molecular weight excluding hydrogens is 294 g/mol. The van der Waals surface area contributed by atoms with Crippen molar-refractivity contribution in [3.05, 3.63) is 0 Å². The van der Waals surface area contributed by atoms with Gasteiger partial charge in [-0.15, -0.1) is 11.8 Å². The van der Waals surface area contributed by atoms with Crippen LogP contribution in [0, 0.1) is 0 Å². The van der Waals surface area contributed by atoms with Gasteiger partial charge in [0, 0.05) is 11.3 Å². The van der Waals surface area contributed by atoms with Crippen LogP contribution in [0.5, 0.6) is 0 Å². The number of carboxylic acids is 1. The van der Waals surface area contributed by atoms with Gasteiger partial charge in [0.2, 0.25) is 0 Å². The van der Waals surface area contributed by atoms with Crippen molar-refractivity contribution in [2.45, 2.75) is 61.7 Å². The number of aliphatic hydroxyl groups is 1. The minimum Gasteiger partial charge on any atom is -0.481 e. The van der Waals surface area contributed by atoms with Gasteiger partial charge in [0.25, 0.3) is 0 Å². The summed E-state index contributed by atoms with van der Waals surface area (Å²) in [5, 5.41) is 18.9. The monoisotopic (exact) mass is 317 g/mol. The van der Waals surface area contributed by atoms with Gasteiger partial charge < -0.3 is 19.8 Å². The van der Waals surface area contributed by atoms with E-state index in [1.54, 1.807) is 20.8 Å². The number of aliphatic carboxylic acids is 1. The lowest BCUT2D eigenvalue weighted by atomic mass is 10.2. The summed E-state index contributed by atoms with van der Waals surface area (Å²) in [6.45, 7) is 6.05. The smallest absolute Gasteiger partial charge is 0.410 e. The number of thioether (sulfide) groups is 1. The number of carbonyl (C=O) groups excluding carboxylic acids is 1. The Balaban J connectivity index is 1.90. The van der Waals surface area contributed by atoms with Gasteiger partial charge in [0.1, 0.15) is 5.60 Å². The van der Waals surface area contributed by atoms with Crippen LogP contribution >= 0.6 is 11.8 Å². The summed E-state index contributed by atoms with van der Waals surface area (Å²) in [6.07, 6.45) is 0.786. The largest absolute Gasteiger partial charge is 0.481 e.